The van der Waals surface area contributed by atoms with E-state index in [9.17, 15) is 4.79 Å². The second-order valence-electron chi connectivity index (χ2n) is 6.46. The standard InChI is InChI=1S/C15H28N2O2/c1-4-19-12-6-10-17(11-7-12)14(18)13-15(2,3)8-5-9-16-13/h12-13,16H,4-11H2,1-3H3. The van der Waals surface area contributed by atoms with Gasteiger partial charge in [-0.25, -0.2) is 0 Å². The molecule has 2 aliphatic heterocycles. The number of nitrogens with one attached hydrogen (secondary N) is 1. The first kappa shape index (κ1) is 14.8. The molecule has 2 rings (SSSR count). The highest BCUT2D eigenvalue weighted by Gasteiger charge is 2.39. The Morgan fingerprint density at radius 3 is 2.63 bits per heavy atom. The van der Waals surface area contributed by atoms with E-state index in [1.54, 1.807) is 0 Å². The van der Waals surface area contributed by atoms with Gasteiger partial charge >= 0.3 is 0 Å². The van der Waals surface area contributed by atoms with Crippen molar-refractivity contribution in [3.05, 3.63) is 0 Å². The van der Waals surface area contributed by atoms with Crippen molar-refractivity contribution in [3.8, 4) is 0 Å². The van der Waals surface area contributed by atoms with Crippen LogP contribution >= 0.6 is 0 Å². The minimum Gasteiger partial charge on any atom is -0.378 e. The van der Waals surface area contributed by atoms with Crippen LogP contribution in [0.3, 0.4) is 0 Å². The van der Waals surface area contributed by atoms with Crippen LogP contribution in [0.4, 0.5) is 0 Å². The van der Waals surface area contributed by atoms with Crippen LogP contribution in [0.5, 0.6) is 0 Å². The smallest absolute Gasteiger partial charge is 0.240 e. The Bertz CT molecular complexity index is 309. The average Bonchev–Trinajstić information content (AvgIpc) is 2.39. The fourth-order valence-electron chi connectivity index (χ4n) is 3.29. The van der Waals surface area contributed by atoms with Crippen molar-refractivity contribution in [2.75, 3.05) is 26.2 Å². The molecule has 2 fully saturated rings. The van der Waals surface area contributed by atoms with E-state index in [0.717, 1.165) is 45.5 Å². The van der Waals surface area contributed by atoms with E-state index in [4.69, 9.17) is 4.74 Å². The summed E-state index contributed by atoms with van der Waals surface area (Å²) in [5.74, 6) is 0.291. The third-order valence-electron chi connectivity index (χ3n) is 4.53. The second kappa shape index (κ2) is 6.23. The van der Waals surface area contributed by atoms with Gasteiger partial charge in [0.25, 0.3) is 0 Å². The SMILES string of the molecule is CCOC1CCN(C(=O)C2NCCCC2(C)C)CC1. The van der Waals surface area contributed by atoms with Crippen molar-refractivity contribution < 1.29 is 9.53 Å². The van der Waals surface area contributed by atoms with Crippen LogP contribution in [-0.2, 0) is 9.53 Å². The molecule has 0 spiro atoms. The summed E-state index contributed by atoms with van der Waals surface area (Å²) in [5.41, 5.74) is 0.0755. The maximum Gasteiger partial charge on any atom is 0.240 e. The zero-order valence-electron chi connectivity index (χ0n) is 12.6. The maximum absolute atomic E-state index is 12.7. The molecule has 0 bridgehead atoms. The fraction of sp³-hybridized carbons (Fsp3) is 0.933. The van der Waals surface area contributed by atoms with Gasteiger partial charge in [-0.3, -0.25) is 4.79 Å². The van der Waals surface area contributed by atoms with Gasteiger partial charge in [0.05, 0.1) is 12.1 Å². The lowest BCUT2D eigenvalue weighted by molar-refractivity contribution is -0.140. The maximum atomic E-state index is 12.7. The van der Waals surface area contributed by atoms with Crippen LogP contribution in [0.1, 0.15) is 46.5 Å². The van der Waals surface area contributed by atoms with E-state index in [2.05, 4.69) is 19.2 Å². The molecule has 2 saturated heterocycles. The van der Waals surface area contributed by atoms with Gasteiger partial charge in [-0.2, -0.15) is 0 Å². The zero-order chi connectivity index (χ0) is 13.9. The highest BCUT2D eigenvalue weighted by atomic mass is 16.5. The lowest BCUT2D eigenvalue weighted by Crippen LogP contribution is -2.58. The van der Waals surface area contributed by atoms with Gasteiger partial charge in [0.2, 0.25) is 5.91 Å². The van der Waals surface area contributed by atoms with E-state index in [-0.39, 0.29) is 11.5 Å². The summed E-state index contributed by atoms with van der Waals surface area (Å²) in [7, 11) is 0. The molecule has 2 heterocycles. The van der Waals surface area contributed by atoms with Gasteiger partial charge in [0, 0.05) is 19.7 Å². The molecule has 2 aliphatic rings. The number of rotatable bonds is 3. The Morgan fingerprint density at radius 1 is 1.37 bits per heavy atom. The average molecular weight is 268 g/mol. The predicted octanol–water partition coefficient (Wildman–Crippen LogP) is 1.79. The number of nitrogens with zero attached hydrogens (tertiary/aromatic N) is 1. The Kier molecular flexibility index (Phi) is 4.85. The first-order valence-electron chi connectivity index (χ1n) is 7.68. The predicted molar refractivity (Wildman–Crippen MR) is 76.0 cm³/mol. The third kappa shape index (κ3) is 3.48. The number of hydrogen-bond acceptors (Lipinski definition) is 3. The number of carbonyl (C=O) groups excluding carboxylic acids is 1. The highest BCUT2D eigenvalue weighted by Crippen LogP contribution is 2.31. The molecular weight excluding hydrogens is 240 g/mol. The Morgan fingerprint density at radius 2 is 2.05 bits per heavy atom. The van der Waals surface area contributed by atoms with Crippen LogP contribution < -0.4 is 5.32 Å². The van der Waals surface area contributed by atoms with Crippen LogP contribution in [0.15, 0.2) is 0 Å². The molecule has 0 radical (unpaired) electrons. The summed E-state index contributed by atoms with van der Waals surface area (Å²) in [5, 5.41) is 3.42. The highest BCUT2D eigenvalue weighted by molar-refractivity contribution is 5.83. The molecule has 19 heavy (non-hydrogen) atoms. The van der Waals surface area contributed by atoms with Gasteiger partial charge < -0.3 is 15.0 Å². The van der Waals surface area contributed by atoms with Crippen LogP contribution in [0.2, 0.25) is 0 Å². The summed E-state index contributed by atoms with van der Waals surface area (Å²) in [6, 6.07) is -0.00936. The van der Waals surface area contributed by atoms with E-state index < -0.39 is 0 Å². The monoisotopic (exact) mass is 268 g/mol. The van der Waals surface area contributed by atoms with Crippen molar-refractivity contribution in [2.24, 2.45) is 5.41 Å². The molecule has 0 aromatic rings. The molecular formula is C15H28N2O2. The lowest BCUT2D eigenvalue weighted by atomic mass is 9.77. The molecule has 1 unspecified atom stereocenters. The number of likely N-dealkylation sites (tertiary alicyclic amines) is 1. The number of piperidine rings is 2. The van der Waals surface area contributed by atoms with Crippen molar-refractivity contribution in [1.82, 2.24) is 10.2 Å². The van der Waals surface area contributed by atoms with Gasteiger partial charge in [-0.05, 0) is 44.6 Å². The Labute approximate surface area is 116 Å². The summed E-state index contributed by atoms with van der Waals surface area (Å²) < 4.78 is 5.64. The second-order valence-corrected chi connectivity index (χ2v) is 6.46. The van der Waals surface area contributed by atoms with Crippen LogP contribution in [0.25, 0.3) is 0 Å². The van der Waals surface area contributed by atoms with Gasteiger partial charge in [0.15, 0.2) is 0 Å². The number of carbonyl (C=O) groups is 1. The Balaban J connectivity index is 1.90. The minimum absolute atomic E-state index is 0.00936. The molecule has 0 aromatic carbocycles. The fourth-order valence-corrected chi connectivity index (χ4v) is 3.29. The number of hydrogen-bond donors (Lipinski definition) is 1. The normalized spacial score (nSPS) is 28.4. The number of ether oxygens (including phenoxy) is 1. The van der Waals surface area contributed by atoms with E-state index in [1.807, 2.05) is 11.8 Å². The summed E-state index contributed by atoms with van der Waals surface area (Å²) >= 11 is 0. The van der Waals surface area contributed by atoms with Gasteiger partial charge in [-0.15, -0.1) is 0 Å². The topological polar surface area (TPSA) is 41.6 Å². The summed E-state index contributed by atoms with van der Waals surface area (Å²) in [6.45, 7) is 9.87. The molecule has 4 nitrogen and oxygen atoms in total. The molecule has 110 valence electrons. The van der Waals surface area contributed by atoms with E-state index in [0.29, 0.717) is 12.0 Å². The van der Waals surface area contributed by atoms with Gasteiger partial charge in [-0.1, -0.05) is 13.8 Å². The first-order chi connectivity index (χ1) is 9.04. The molecule has 0 saturated carbocycles. The summed E-state index contributed by atoms with van der Waals surface area (Å²) in [4.78, 5) is 14.7. The molecule has 0 aliphatic carbocycles. The first-order valence-corrected chi connectivity index (χ1v) is 7.68. The van der Waals surface area contributed by atoms with Crippen molar-refractivity contribution in [3.63, 3.8) is 0 Å². The third-order valence-corrected chi connectivity index (χ3v) is 4.53. The quantitative estimate of drug-likeness (QED) is 0.848. The molecule has 1 atom stereocenters. The molecule has 1 amide bonds. The largest absolute Gasteiger partial charge is 0.378 e. The molecule has 4 heteroatoms. The van der Waals surface area contributed by atoms with Crippen LogP contribution in [-0.4, -0.2) is 49.2 Å². The van der Waals surface area contributed by atoms with Crippen LogP contribution in [0, 0.1) is 5.41 Å². The Hall–Kier alpha value is -0.610. The summed E-state index contributed by atoms with van der Waals surface area (Å²) in [6.07, 6.45) is 4.61. The van der Waals surface area contributed by atoms with Crippen molar-refractivity contribution in [1.29, 1.82) is 0 Å². The van der Waals surface area contributed by atoms with Crippen molar-refractivity contribution >= 4 is 5.91 Å². The number of amides is 1. The van der Waals surface area contributed by atoms with Crippen molar-refractivity contribution in [2.45, 2.75) is 58.6 Å². The molecule has 1 N–H and O–H groups in total. The zero-order valence-corrected chi connectivity index (χ0v) is 12.6. The minimum atomic E-state index is -0.00936. The van der Waals surface area contributed by atoms with E-state index in [1.165, 1.54) is 6.42 Å². The molecule has 0 aromatic heterocycles. The van der Waals surface area contributed by atoms with E-state index >= 15 is 0 Å². The lowest BCUT2D eigenvalue weighted by Gasteiger charge is -2.42. The van der Waals surface area contributed by atoms with Gasteiger partial charge in [0.1, 0.15) is 0 Å².